The van der Waals surface area contributed by atoms with Crippen molar-refractivity contribution < 1.29 is 28.8 Å². The summed E-state index contributed by atoms with van der Waals surface area (Å²) in [4.78, 5) is 57.1. The molecule has 2 saturated heterocycles. The zero-order valence-electron chi connectivity index (χ0n) is 22.2. The molecule has 0 saturated carbocycles. The molecule has 1 aromatic rings. The van der Waals surface area contributed by atoms with Gasteiger partial charge in [-0.25, -0.2) is 20.1 Å². The van der Waals surface area contributed by atoms with Crippen molar-refractivity contribution in [2.45, 2.75) is 84.5 Å². The van der Waals surface area contributed by atoms with E-state index in [0.717, 1.165) is 29.8 Å². The van der Waals surface area contributed by atoms with Crippen molar-refractivity contribution >= 4 is 23.8 Å². The van der Waals surface area contributed by atoms with Crippen LogP contribution in [0.25, 0.3) is 0 Å². The minimum atomic E-state index is -1.25. The first-order valence-corrected chi connectivity index (χ1v) is 13.2. The number of urea groups is 1. The molecule has 2 heterocycles. The Morgan fingerprint density at radius 3 is 2.46 bits per heavy atom. The molecule has 2 aliphatic heterocycles. The summed E-state index contributed by atoms with van der Waals surface area (Å²) < 4.78 is 5.55. The number of nitrogens with zero attached hydrogens (tertiary/aromatic N) is 1. The highest BCUT2D eigenvalue weighted by Gasteiger charge is 2.48. The number of carbonyl (C=O) groups excluding carboxylic acids is 4. The van der Waals surface area contributed by atoms with Crippen molar-refractivity contribution in [3.05, 3.63) is 35.9 Å². The van der Waals surface area contributed by atoms with Gasteiger partial charge in [-0.15, -0.1) is 0 Å². The van der Waals surface area contributed by atoms with Gasteiger partial charge in [0.25, 0.3) is 5.91 Å². The van der Waals surface area contributed by atoms with E-state index >= 15 is 0 Å². The molecular formula is C27H40N4O6. The molecule has 0 spiro atoms. The lowest BCUT2D eigenvalue weighted by Crippen LogP contribution is -2.56. The van der Waals surface area contributed by atoms with E-state index in [1.165, 1.54) is 0 Å². The summed E-state index contributed by atoms with van der Waals surface area (Å²) >= 11 is 0. The molecule has 0 aliphatic carbocycles. The standard InChI is InChI=1S/C27H40N4O6/c1-18(2)17-21(23(32)29-31-26(35)28-25(34)27(31,3)4)20(14-10-13-19-11-6-5-7-12-19)24(33)30-37-22-15-8-9-16-36-22/h5-7,11-12,18,20-22H,8-10,13-17H2,1-4H3,(H,29,32)(H,30,33)(H,28,34,35)/t20-,21+,22?/m0/s1. The van der Waals surface area contributed by atoms with Crippen LogP contribution in [0.2, 0.25) is 0 Å². The van der Waals surface area contributed by atoms with E-state index < -0.39 is 47.4 Å². The molecule has 1 unspecified atom stereocenters. The maximum absolute atomic E-state index is 13.6. The fraction of sp³-hybridized carbons (Fsp3) is 0.630. The van der Waals surface area contributed by atoms with Crippen LogP contribution in [-0.2, 0) is 30.4 Å². The van der Waals surface area contributed by atoms with E-state index in [4.69, 9.17) is 9.57 Å². The van der Waals surface area contributed by atoms with Crippen molar-refractivity contribution in [3.8, 4) is 0 Å². The van der Waals surface area contributed by atoms with E-state index in [1.54, 1.807) is 13.8 Å². The molecule has 2 fully saturated rings. The summed E-state index contributed by atoms with van der Waals surface area (Å²) in [5.41, 5.74) is 5.06. The summed E-state index contributed by atoms with van der Waals surface area (Å²) in [5, 5.41) is 3.23. The van der Waals surface area contributed by atoms with Crippen molar-refractivity contribution in [1.82, 2.24) is 21.2 Å². The van der Waals surface area contributed by atoms with E-state index in [1.807, 2.05) is 44.2 Å². The largest absolute Gasteiger partial charge is 0.350 e. The lowest BCUT2D eigenvalue weighted by Gasteiger charge is -2.32. The molecule has 3 rings (SSSR count). The number of hydrogen-bond donors (Lipinski definition) is 3. The Hall–Kier alpha value is -2.98. The number of ether oxygens (including phenoxy) is 1. The average molecular weight is 517 g/mol. The van der Waals surface area contributed by atoms with Gasteiger partial charge in [0.2, 0.25) is 11.8 Å². The number of aryl methyl sites for hydroxylation is 1. The first-order valence-electron chi connectivity index (χ1n) is 13.2. The van der Waals surface area contributed by atoms with Crippen LogP contribution in [0.5, 0.6) is 0 Å². The van der Waals surface area contributed by atoms with Gasteiger partial charge in [0.05, 0.1) is 11.8 Å². The van der Waals surface area contributed by atoms with E-state index in [2.05, 4.69) is 16.2 Å². The Kier molecular flexibility index (Phi) is 10.0. The van der Waals surface area contributed by atoms with Gasteiger partial charge in [-0.1, -0.05) is 44.2 Å². The van der Waals surface area contributed by atoms with E-state index in [-0.39, 0.29) is 5.92 Å². The number of rotatable bonds is 12. The van der Waals surface area contributed by atoms with Crippen LogP contribution >= 0.6 is 0 Å². The van der Waals surface area contributed by atoms with Crippen LogP contribution in [0, 0.1) is 17.8 Å². The number of hydroxylamine groups is 1. The molecule has 3 N–H and O–H groups in total. The normalized spacial score (nSPS) is 20.9. The summed E-state index contributed by atoms with van der Waals surface area (Å²) in [5.74, 6) is -2.74. The van der Waals surface area contributed by atoms with Crippen molar-refractivity contribution in [2.75, 3.05) is 6.61 Å². The van der Waals surface area contributed by atoms with Gasteiger partial charge in [-0.2, -0.15) is 0 Å². The maximum Gasteiger partial charge on any atom is 0.343 e. The molecule has 10 nitrogen and oxygen atoms in total. The molecule has 1 aromatic carbocycles. The minimum absolute atomic E-state index is 0.102. The predicted molar refractivity (Wildman–Crippen MR) is 136 cm³/mol. The Labute approximate surface area is 218 Å². The monoisotopic (exact) mass is 516 g/mol. The Balaban J connectivity index is 1.76. The topological polar surface area (TPSA) is 126 Å². The van der Waals surface area contributed by atoms with Gasteiger partial charge < -0.3 is 4.74 Å². The lowest BCUT2D eigenvalue weighted by molar-refractivity contribution is -0.203. The summed E-state index contributed by atoms with van der Waals surface area (Å²) in [6.07, 6.45) is 4.36. The third-order valence-electron chi connectivity index (χ3n) is 6.90. The molecule has 0 bridgehead atoms. The first kappa shape index (κ1) is 28.6. The number of amides is 5. The smallest absolute Gasteiger partial charge is 0.343 e. The van der Waals surface area contributed by atoms with Gasteiger partial charge in [-0.05, 0) is 63.9 Å². The molecule has 5 amide bonds. The van der Waals surface area contributed by atoms with E-state index in [0.29, 0.717) is 32.3 Å². The molecular weight excluding hydrogens is 476 g/mol. The third-order valence-corrected chi connectivity index (χ3v) is 6.90. The summed E-state index contributed by atoms with van der Waals surface area (Å²) in [6, 6.07) is 9.25. The first-order chi connectivity index (χ1) is 17.6. The third kappa shape index (κ3) is 7.75. The summed E-state index contributed by atoms with van der Waals surface area (Å²) in [6.45, 7) is 7.62. The average Bonchev–Trinajstić information content (AvgIpc) is 3.06. The lowest BCUT2D eigenvalue weighted by atomic mass is 9.81. The Morgan fingerprint density at radius 2 is 1.86 bits per heavy atom. The fourth-order valence-corrected chi connectivity index (χ4v) is 4.70. The second kappa shape index (κ2) is 13.0. The van der Waals surface area contributed by atoms with Crippen LogP contribution in [0.3, 0.4) is 0 Å². The van der Waals surface area contributed by atoms with Gasteiger partial charge >= 0.3 is 6.03 Å². The van der Waals surface area contributed by atoms with Crippen molar-refractivity contribution in [2.24, 2.45) is 17.8 Å². The quantitative estimate of drug-likeness (QED) is 0.289. The van der Waals surface area contributed by atoms with Gasteiger partial charge in [0.15, 0.2) is 6.29 Å². The van der Waals surface area contributed by atoms with Crippen molar-refractivity contribution in [1.29, 1.82) is 0 Å². The van der Waals surface area contributed by atoms with Crippen LogP contribution in [0.1, 0.15) is 71.8 Å². The van der Waals surface area contributed by atoms with Gasteiger partial charge in [-0.3, -0.25) is 25.1 Å². The Morgan fingerprint density at radius 1 is 1.14 bits per heavy atom. The number of benzene rings is 1. The second-order valence-corrected chi connectivity index (χ2v) is 10.7. The molecule has 0 radical (unpaired) electrons. The maximum atomic E-state index is 13.6. The van der Waals surface area contributed by atoms with Gasteiger partial charge in [0, 0.05) is 13.0 Å². The number of hydrazine groups is 1. The number of carbonyl (C=O) groups is 4. The highest BCUT2D eigenvalue weighted by molar-refractivity contribution is 6.07. The van der Waals surface area contributed by atoms with Crippen LogP contribution in [0.15, 0.2) is 30.3 Å². The zero-order chi connectivity index (χ0) is 27.0. The highest BCUT2D eigenvalue weighted by atomic mass is 16.8. The Bertz CT molecular complexity index is 945. The van der Waals surface area contributed by atoms with Crippen molar-refractivity contribution in [3.63, 3.8) is 0 Å². The molecule has 2 aliphatic rings. The van der Waals surface area contributed by atoms with Crippen LogP contribution in [0.4, 0.5) is 4.79 Å². The SMILES string of the molecule is CC(C)C[C@@H](C(=O)NN1C(=O)NC(=O)C1(C)C)[C@H](CCCc1ccccc1)C(=O)NOC1CCCCO1. The fourth-order valence-electron chi connectivity index (χ4n) is 4.70. The number of hydrogen-bond acceptors (Lipinski definition) is 6. The number of imide groups is 1. The predicted octanol–water partition coefficient (Wildman–Crippen LogP) is 3.22. The molecule has 204 valence electrons. The minimum Gasteiger partial charge on any atom is -0.350 e. The van der Waals surface area contributed by atoms with Crippen LogP contribution in [-0.4, -0.2) is 47.2 Å². The molecule has 0 aromatic heterocycles. The van der Waals surface area contributed by atoms with Crippen LogP contribution < -0.4 is 16.2 Å². The molecule has 3 atom stereocenters. The summed E-state index contributed by atoms with van der Waals surface area (Å²) in [7, 11) is 0. The highest BCUT2D eigenvalue weighted by Crippen LogP contribution is 2.28. The van der Waals surface area contributed by atoms with E-state index in [9.17, 15) is 19.2 Å². The van der Waals surface area contributed by atoms with Gasteiger partial charge in [0.1, 0.15) is 5.54 Å². The zero-order valence-corrected chi connectivity index (χ0v) is 22.2. The number of nitrogens with one attached hydrogen (secondary N) is 3. The second-order valence-electron chi connectivity index (χ2n) is 10.7. The molecule has 10 heteroatoms. The molecule has 37 heavy (non-hydrogen) atoms.